The van der Waals surface area contributed by atoms with Crippen LogP contribution in [0.5, 0.6) is 0 Å². The lowest BCUT2D eigenvalue weighted by atomic mass is 9.40. The number of hydrogen-bond donors (Lipinski definition) is 0. The number of halogens is 4. The summed E-state index contributed by atoms with van der Waals surface area (Å²) < 4.78 is 0. The lowest BCUT2D eigenvalue weighted by molar-refractivity contribution is -0.0873. The van der Waals surface area contributed by atoms with Crippen LogP contribution in [-0.4, -0.2) is 19.5 Å². The molecule has 0 bridgehead atoms. The third-order valence-electron chi connectivity index (χ3n) is 7.79. The van der Waals surface area contributed by atoms with Crippen molar-refractivity contribution in [1.82, 2.24) is 0 Å². The Bertz CT molecular complexity index is 411. The molecule has 0 saturated heterocycles. The second-order valence-corrected chi connectivity index (χ2v) is 10.8. The Hall–Kier alpha value is 1.16. The van der Waals surface area contributed by atoms with Crippen LogP contribution in [-0.2, 0) is 0 Å². The van der Waals surface area contributed by atoms with Gasteiger partial charge in [0.2, 0.25) is 0 Å². The van der Waals surface area contributed by atoms with E-state index in [4.69, 9.17) is 46.4 Å². The van der Waals surface area contributed by atoms with E-state index in [1.54, 1.807) is 0 Å². The number of hydrogen-bond acceptors (Lipinski definition) is 0. The van der Waals surface area contributed by atoms with Crippen LogP contribution in [0.2, 0.25) is 0 Å². The molecule has 0 heterocycles. The maximum atomic E-state index is 7.11. The Morgan fingerprint density at radius 3 is 1.00 bits per heavy atom. The van der Waals surface area contributed by atoms with E-state index in [1.165, 1.54) is 38.5 Å². The van der Waals surface area contributed by atoms with Crippen molar-refractivity contribution in [3.8, 4) is 0 Å². The quantitative estimate of drug-likeness (QED) is 0.501. The van der Waals surface area contributed by atoms with Gasteiger partial charge in [0.15, 0.2) is 0 Å². The van der Waals surface area contributed by atoms with Gasteiger partial charge >= 0.3 is 0 Å². The average Bonchev–Trinajstić information content (AvgIpc) is 3.04. The first-order valence-corrected chi connectivity index (χ1v) is 9.64. The second kappa shape index (κ2) is 3.63. The summed E-state index contributed by atoms with van der Waals surface area (Å²) in [5.74, 6) is 2.33. The number of rotatable bonds is 0. The molecule has 0 nitrogen and oxygen atoms in total. The first-order valence-electron chi connectivity index (χ1n) is 8.12. The average molecular weight is 354 g/mol. The maximum Gasteiger partial charge on any atom is 0.0690 e. The van der Waals surface area contributed by atoms with Crippen molar-refractivity contribution in [2.45, 2.75) is 70.9 Å². The molecule has 4 heteroatoms. The predicted octanol–water partition coefficient (Wildman–Crippen LogP) is 5.55. The largest absolute Gasteiger partial charge is 0.117 e. The minimum absolute atomic E-state index is 0.288. The highest BCUT2D eigenvalue weighted by molar-refractivity contribution is 6.42. The zero-order valence-corrected chi connectivity index (χ0v) is 14.5. The molecule has 0 aromatic rings. The number of alkyl halides is 4. The highest BCUT2D eigenvalue weighted by atomic mass is 35.5. The van der Waals surface area contributed by atoms with Crippen molar-refractivity contribution in [3.05, 3.63) is 0 Å². The van der Waals surface area contributed by atoms with E-state index in [9.17, 15) is 0 Å². The Balaban J connectivity index is 1.59. The Labute approximate surface area is 140 Å². The molecule has 0 radical (unpaired) electrons. The molecule has 0 aromatic carbocycles. The second-order valence-electron chi connectivity index (χ2n) is 8.09. The van der Waals surface area contributed by atoms with Crippen molar-refractivity contribution in [3.63, 3.8) is 0 Å². The summed E-state index contributed by atoms with van der Waals surface area (Å²) in [6, 6.07) is 0. The molecular formula is C16H20Cl4. The van der Waals surface area contributed by atoms with Crippen molar-refractivity contribution < 1.29 is 0 Å². The van der Waals surface area contributed by atoms with E-state index >= 15 is 0 Å². The highest BCUT2D eigenvalue weighted by Gasteiger charge is 2.84. The van der Waals surface area contributed by atoms with Crippen LogP contribution in [0, 0.1) is 23.7 Å². The van der Waals surface area contributed by atoms with Gasteiger partial charge in [-0.25, -0.2) is 0 Å². The van der Waals surface area contributed by atoms with Crippen LogP contribution in [0.25, 0.3) is 0 Å². The zero-order chi connectivity index (χ0) is 14.0. The third kappa shape index (κ3) is 1.12. The van der Waals surface area contributed by atoms with Gasteiger partial charge in [-0.1, -0.05) is 12.8 Å². The van der Waals surface area contributed by atoms with Crippen molar-refractivity contribution in [2.24, 2.45) is 23.7 Å². The highest BCUT2D eigenvalue weighted by Crippen LogP contribution is 2.82. The minimum Gasteiger partial charge on any atom is -0.117 e. The van der Waals surface area contributed by atoms with Gasteiger partial charge in [-0.2, -0.15) is 0 Å². The SMILES string of the molecule is Cl[C@@]12C[C@@]3(Cl)[C@@H]4CCC[C@@H]4[C@@]3(Cl)C[C@]1(Cl)[C@@H]1CCC[C@@H]12. The van der Waals surface area contributed by atoms with Crippen molar-refractivity contribution >= 4 is 46.4 Å². The number of fused-ring (bicyclic) bond motifs is 8. The third-order valence-corrected chi connectivity index (χ3v) is 11.0. The molecule has 0 aliphatic heterocycles. The molecule has 0 aromatic heterocycles. The van der Waals surface area contributed by atoms with Crippen LogP contribution in [0.15, 0.2) is 0 Å². The first kappa shape index (κ1) is 13.6. The molecule has 0 unspecified atom stereocenters. The van der Waals surface area contributed by atoms with E-state index in [0.717, 1.165) is 12.8 Å². The van der Waals surface area contributed by atoms with Gasteiger partial charge in [0, 0.05) is 0 Å². The minimum atomic E-state index is -0.288. The summed E-state index contributed by atoms with van der Waals surface area (Å²) in [6.07, 6.45) is 9.15. The molecule has 8 atom stereocenters. The monoisotopic (exact) mass is 352 g/mol. The van der Waals surface area contributed by atoms with Crippen LogP contribution in [0.4, 0.5) is 0 Å². The molecule has 0 amide bonds. The summed E-state index contributed by atoms with van der Waals surface area (Å²) >= 11 is 28.5. The molecule has 112 valence electrons. The Morgan fingerprint density at radius 2 is 0.750 bits per heavy atom. The van der Waals surface area contributed by atoms with Gasteiger partial charge in [-0.15, -0.1) is 46.4 Å². The van der Waals surface area contributed by atoms with E-state index in [2.05, 4.69) is 0 Å². The summed E-state index contributed by atoms with van der Waals surface area (Å²) in [4.78, 5) is -1.15. The molecule has 5 fully saturated rings. The summed E-state index contributed by atoms with van der Waals surface area (Å²) in [6.45, 7) is 0. The lowest BCUT2D eigenvalue weighted by Gasteiger charge is -2.76. The van der Waals surface area contributed by atoms with Gasteiger partial charge in [0.05, 0.1) is 19.5 Å². The van der Waals surface area contributed by atoms with Gasteiger partial charge in [0.1, 0.15) is 0 Å². The van der Waals surface area contributed by atoms with E-state index in [0.29, 0.717) is 23.7 Å². The van der Waals surface area contributed by atoms with Crippen LogP contribution in [0.3, 0.4) is 0 Å². The van der Waals surface area contributed by atoms with Crippen LogP contribution < -0.4 is 0 Å². The van der Waals surface area contributed by atoms with Crippen molar-refractivity contribution in [1.29, 1.82) is 0 Å². The summed E-state index contributed by atoms with van der Waals surface area (Å²) in [5.41, 5.74) is 0. The molecule has 5 rings (SSSR count). The molecule has 5 aliphatic rings. The summed E-state index contributed by atoms with van der Waals surface area (Å²) in [7, 11) is 0. The molecule has 5 saturated carbocycles. The molecule has 5 aliphatic carbocycles. The lowest BCUT2D eigenvalue weighted by Crippen LogP contribution is -2.83. The van der Waals surface area contributed by atoms with Gasteiger partial charge in [0.25, 0.3) is 0 Å². The smallest absolute Gasteiger partial charge is 0.0690 e. The van der Waals surface area contributed by atoms with Crippen LogP contribution >= 0.6 is 46.4 Å². The topological polar surface area (TPSA) is 0 Å². The normalized spacial score (nSPS) is 70.2. The summed E-state index contributed by atoms with van der Waals surface area (Å²) in [5, 5.41) is 0. The van der Waals surface area contributed by atoms with E-state index in [1.807, 2.05) is 0 Å². The van der Waals surface area contributed by atoms with Crippen molar-refractivity contribution in [2.75, 3.05) is 0 Å². The van der Waals surface area contributed by atoms with Gasteiger partial charge < -0.3 is 0 Å². The fraction of sp³-hybridized carbons (Fsp3) is 1.00. The zero-order valence-electron chi connectivity index (χ0n) is 11.5. The molecular weight excluding hydrogens is 334 g/mol. The predicted molar refractivity (Wildman–Crippen MR) is 85.2 cm³/mol. The van der Waals surface area contributed by atoms with Crippen LogP contribution in [0.1, 0.15) is 51.4 Å². The Kier molecular flexibility index (Phi) is 2.47. The fourth-order valence-corrected chi connectivity index (χ4v) is 9.86. The molecule has 0 spiro atoms. The van der Waals surface area contributed by atoms with E-state index < -0.39 is 0 Å². The molecule has 0 N–H and O–H groups in total. The van der Waals surface area contributed by atoms with Gasteiger partial charge in [-0.05, 0) is 62.2 Å². The first-order chi connectivity index (χ1) is 9.37. The molecule has 20 heavy (non-hydrogen) atoms. The van der Waals surface area contributed by atoms with E-state index in [-0.39, 0.29) is 19.5 Å². The standard InChI is InChI=1S/C16H20Cl4/c17-13-7-15(19)11-5-2-6-12(11)16(15,20)8-14(13,18)10-4-1-3-9(10)13/h9-12H,1-8H2/t9-,10+,11+,12-,13-,14+,15-,16+. The maximum absolute atomic E-state index is 7.11. The fourth-order valence-electron chi connectivity index (χ4n) is 7.01. The van der Waals surface area contributed by atoms with Gasteiger partial charge in [-0.3, -0.25) is 0 Å². The Morgan fingerprint density at radius 1 is 0.500 bits per heavy atom.